The van der Waals surface area contributed by atoms with Crippen LogP contribution in [-0.4, -0.2) is 0 Å². The fraction of sp³-hybridized carbons (Fsp3) is 0.407. The van der Waals surface area contributed by atoms with Crippen molar-refractivity contribution in [1.29, 1.82) is 0 Å². The highest BCUT2D eigenvalue weighted by atomic mass is 16.5. The minimum absolute atomic E-state index is 0.360. The van der Waals surface area contributed by atoms with Gasteiger partial charge in [0.2, 0.25) is 0 Å². The van der Waals surface area contributed by atoms with Crippen LogP contribution in [0.4, 0.5) is 0 Å². The lowest BCUT2D eigenvalue weighted by atomic mass is 9.54. The molecule has 144 valence electrons. The molecule has 5 rings (SSSR count). The van der Waals surface area contributed by atoms with E-state index < -0.39 is 0 Å². The molecule has 0 amide bonds. The number of hydrogen-bond acceptors (Lipinski definition) is 1. The number of ether oxygens (including phenoxy) is 1. The van der Waals surface area contributed by atoms with Crippen molar-refractivity contribution in [2.24, 2.45) is 17.3 Å². The molecule has 4 atom stereocenters. The molecule has 1 heteroatoms. The topological polar surface area (TPSA) is 9.23 Å². The molecule has 1 saturated carbocycles. The molecule has 1 nitrogen and oxygen atoms in total. The van der Waals surface area contributed by atoms with Crippen LogP contribution in [-0.2, 0) is 13.0 Å². The minimum atomic E-state index is 0.360. The SMILES string of the molecule is C=CC1=CC[C@H]2[C@@H]3CCc4cc(OCc5ccccc5)ccc4[C@H]3CC[C@]12C. The molecule has 2 aromatic carbocycles. The van der Waals surface area contributed by atoms with E-state index in [2.05, 4.69) is 68.1 Å². The molecule has 0 aromatic heterocycles. The van der Waals surface area contributed by atoms with Gasteiger partial charge in [0, 0.05) is 0 Å². The van der Waals surface area contributed by atoms with E-state index in [4.69, 9.17) is 4.74 Å². The first-order valence-corrected chi connectivity index (χ1v) is 10.8. The smallest absolute Gasteiger partial charge is 0.120 e. The highest BCUT2D eigenvalue weighted by molar-refractivity contribution is 5.42. The Morgan fingerprint density at radius 2 is 2.00 bits per heavy atom. The Hall–Kier alpha value is -2.28. The van der Waals surface area contributed by atoms with Crippen molar-refractivity contribution in [3.05, 3.63) is 89.5 Å². The van der Waals surface area contributed by atoms with Crippen molar-refractivity contribution < 1.29 is 4.74 Å². The summed E-state index contributed by atoms with van der Waals surface area (Å²) in [6.45, 7) is 7.22. The molecule has 0 radical (unpaired) electrons. The summed E-state index contributed by atoms with van der Waals surface area (Å²) in [5.74, 6) is 3.35. The summed E-state index contributed by atoms with van der Waals surface area (Å²) >= 11 is 0. The summed E-state index contributed by atoms with van der Waals surface area (Å²) in [6.07, 6.45) is 10.9. The summed E-state index contributed by atoms with van der Waals surface area (Å²) in [7, 11) is 0. The van der Waals surface area contributed by atoms with Gasteiger partial charge in [-0.2, -0.15) is 0 Å². The Labute approximate surface area is 169 Å². The third-order valence-electron chi connectivity index (χ3n) is 7.81. The van der Waals surface area contributed by atoms with Crippen molar-refractivity contribution in [2.75, 3.05) is 0 Å². The van der Waals surface area contributed by atoms with E-state index in [-0.39, 0.29) is 0 Å². The summed E-state index contributed by atoms with van der Waals surface area (Å²) in [5.41, 5.74) is 6.20. The largest absolute Gasteiger partial charge is 0.489 e. The van der Waals surface area contributed by atoms with E-state index in [0.29, 0.717) is 12.0 Å². The fourth-order valence-corrected chi connectivity index (χ4v) is 6.31. The van der Waals surface area contributed by atoms with Gasteiger partial charge in [0.05, 0.1) is 0 Å². The van der Waals surface area contributed by atoms with E-state index in [1.165, 1.54) is 48.8 Å². The second-order valence-corrected chi connectivity index (χ2v) is 9.11. The zero-order valence-corrected chi connectivity index (χ0v) is 16.9. The number of aryl methyl sites for hydroxylation is 1. The zero-order chi connectivity index (χ0) is 19.1. The standard InChI is InChI=1S/C27H30O/c1-3-21-10-14-26-25-12-9-20-17-22(28-18-19-7-5-4-6-8-19)11-13-23(20)24(25)15-16-27(21,26)2/h3-8,10-11,13,17,24-26H,1,9,12,14-16,18H2,2H3/t24-,25-,26+,27-/m1/s1. The minimum Gasteiger partial charge on any atom is -0.489 e. The normalized spacial score (nSPS) is 30.6. The van der Waals surface area contributed by atoms with Crippen molar-refractivity contribution in [1.82, 2.24) is 0 Å². The predicted molar refractivity (Wildman–Crippen MR) is 115 cm³/mol. The van der Waals surface area contributed by atoms with Crippen LogP contribution in [0.5, 0.6) is 5.75 Å². The van der Waals surface area contributed by atoms with Gasteiger partial charge in [0.25, 0.3) is 0 Å². The van der Waals surface area contributed by atoms with Gasteiger partial charge in [-0.1, -0.05) is 62.1 Å². The molecular weight excluding hydrogens is 340 g/mol. The third kappa shape index (κ3) is 2.83. The molecule has 3 aliphatic carbocycles. The maximum atomic E-state index is 6.09. The first kappa shape index (κ1) is 17.8. The first-order valence-electron chi connectivity index (χ1n) is 10.8. The second-order valence-electron chi connectivity index (χ2n) is 9.11. The van der Waals surface area contributed by atoms with Gasteiger partial charge in [-0.05, 0) is 89.7 Å². The van der Waals surface area contributed by atoms with Crippen LogP contribution in [0.25, 0.3) is 0 Å². The molecule has 28 heavy (non-hydrogen) atoms. The fourth-order valence-electron chi connectivity index (χ4n) is 6.31. The quantitative estimate of drug-likeness (QED) is 0.572. The molecule has 3 aliphatic rings. The molecule has 0 bridgehead atoms. The van der Waals surface area contributed by atoms with Crippen LogP contribution >= 0.6 is 0 Å². The Bertz CT molecular complexity index is 909. The first-order chi connectivity index (χ1) is 13.7. The van der Waals surface area contributed by atoms with Gasteiger partial charge >= 0.3 is 0 Å². The van der Waals surface area contributed by atoms with E-state index in [1.807, 2.05) is 6.07 Å². The molecular formula is C27H30O. The van der Waals surface area contributed by atoms with Crippen molar-refractivity contribution in [3.8, 4) is 5.75 Å². The van der Waals surface area contributed by atoms with Gasteiger partial charge < -0.3 is 4.74 Å². The molecule has 2 aromatic rings. The Morgan fingerprint density at radius 1 is 1.14 bits per heavy atom. The lowest BCUT2D eigenvalue weighted by Crippen LogP contribution is -2.40. The Morgan fingerprint density at radius 3 is 2.82 bits per heavy atom. The summed E-state index contributed by atoms with van der Waals surface area (Å²) < 4.78 is 6.09. The Kier molecular flexibility index (Phi) is 4.42. The molecule has 0 spiro atoms. The van der Waals surface area contributed by atoms with Crippen LogP contribution in [0, 0.1) is 17.3 Å². The van der Waals surface area contributed by atoms with Gasteiger partial charge in [-0.15, -0.1) is 0 Å². The van der Waals surface area contributed by atoms with Gasteiger partial charge in [0.15, 0.2) is 0 Å². The van der Waals surface area contributed by atoms with Crippen LogP contribution < -0.4 is 4.74 Å². The lowest BCUT2D eigenvalue weighted by Gasteiger charge is -2.50. The van der Waals surface area contributed by atoms with Crippen molar-refractivity contribution in [3.63, 3.8) is 0 Å². The van der Waals surface area contributed by atoms with E-state index in [0.717, 1.165) is 23.5 Å². The highest BCUT2D eigenvalue weighted by Crippen LogP contribution is 2.61. The van der Waals surface area contributed by atoms with Crippen LogP contribution in [0.15, 0.2) is 72.8 Å². The highest BCUT2D eigenvalue weighted by Gasteiger charge is 2.50. The van der Waals surface area contributed by atoms with Gasteiger partial charge in [-0.25, -0.2) is 0 Å². The van der Waals surface area contributed by atoms with E-state index in [9.17, 15) is 0 Å². The maximum absolute atomic E-state index is 6.09. The molecule has 0 saturated heterocycles. The zero-order valence-electron chi connectivity index (χ0n) is 16.9. The monoisotopic (exact) mass is 370 g/mol. The van der Waals surface area contributed by atoms with Crippen molar-refractivity contribution >= 4 is 0 Å². The van der Waals surface area contributed by atoms with Gasteiger partial charge in [-0.3, -0.25) is 0 Å². The van der Waals surface area contributed by atoms with Crippen LogP contribution in [0.3, 0.4) is 0 Å². The molecule has 0 heterocycles. The summed E-state index contributed by atoms with van der Waals surface area (Å²) in [6, 6.07) is 17.3. The lowest BCUT2D eigenvalue weighted by molar-refractivity contribution is 0.0774. The predicted octanol–water partition coefficient (Wildman–Crippen LogP) is 6.84. The van der Waals surface area contributed by atoms with Gasteiger partial charge in [0.1, 0.15) is 12.4 Å². The van der Waals surface area contributed by atoms with Crippen LogP contribution in [0.1, 0.15) is 55.2 Å². The van der Waals surface area contributed by atoms with Crippen molar-refractivity contribution in [2.45, 2.75) is 51.6 Å². The molecule has 1 fully saturated rings. The summed E-state index contributed by atoms with van der Waals surface area (Å²) in [5, 5.41) is 0. The summed E-state index contributed by atoms with van der Waals surface area (Å²) in [4.78, 5) is 0. The number of hydrogen-bond donors (Lipinski definition) is 0. The number of benzene rings is 2. The number of allylic oxidation sites excluding steroid dienone is 3. The molecule has 0 N–H and O–H groups in total. The molecule has 0 aliphatic heterocycles. The average molecular weight is 371 g/mol. The molecule has 0 unspecified atom stereocenters. The second kappa shape index (κ2) is 6.95. The Balaban J connectivity index is 1.35. The average Bonchev–Trinajstić information content (AvgIpc) is 3.09. The number of rotatable bonds is 4. The maximum Gasteiger partial charge on any atom is 0.120 e. The van der Waals surface area contributed by atoms with E-state index in [1.54, 1.807) is 5.56 Å². The third-order valence-corrected chi connectivity index (χ3v) is 7.81. The van der Waals surface area contributed by atoms with E-state index >= 15 is 0 Å². The number of fused-ring (bicyclic) bond motifs is 5. The van der Waals surface area contributed by atoms with Crippen LogP contribution in [0.2, 0.25) is 0 Å².